The summed E-state index contributed by atoms with van der Waals surface area (Å²) in [6.07, 6.45) is 1.71. The summed E-state index contributed by atoms with van der Waals surface area (Å²) >= 11 is 0. The Balaban J connectivity index is 2.15. The van der Waals surface area contributed by atoms with Gasteiger partial charge < -0.3 is 4.74 Å². The van der Waals surface area contributed by atoms with Crippen LogP contribution in [0, 0.1) is 5.41 Å². The number of hydrogen-bond donors (Lipinski definition) is 0. The van der Waals surface area contributed by atoms with Crippen molar-refractivity contribution in [3.05, 3.63) is 29.3 Å². The van der Waals surface area contributed by atoms with Crippen LogP contribution in [0.2, 0.25) is 0 Å². The van der Waals surface area contributed by atoms with Gasteiger partial charge in [-0.15, -0.1) is 0 Å². The van der Waals surface area contributed by atoms with E-state index < -0.39 is 5.41 Å². The summed E-state index contributed by atoms with van der Waals surface area (Å²) in [5.74, 6) is 0.860. The molecule has 3 rings (SSSR count). The highest BCUT2D eigenvalue weighted by Crippen LogP contribution is 2.47. The van der Waals surface area contributed by atoms with Gasteiger partial charge in [0.1, 0.15) is 11.5 Å². The fraction of sp³-hybridized carbons (Fsp3) is 0.467. The molecule has 0 N–H and O–H groups in total. The van der Waals surface area contributed by atoms with Crippen LogP contribution in [0.5, 0.6) is 5.75 Å². The maximum absolute atomic E-state index is 12.4. The quantitative estimate of drug-likeness (QED) is 0.712. The van der Waals surface area contributed by atoms with Gasteiger partial charge in [0.2, 0.25) is 0 Å². The Bertz CT molecular complexity index is 547. The average molecular weight is 244 g/mol. The van der Waals surface area contributed by atoms with Crippen molar-refractivity contribution in [3.8, 4) is 5.75 Å². The molecular formula is C15H16O3. The Labute approximate surface area is 106 Å². The maximum atomic E-state index is 12.4. The molecule has 2 unspecified atom stereocenters. The zero-order valence-corrected chi connectivity index (χ0v) is 10.7. The summed E-state index contributed by atoms with van der Waals surface area (Å²) in [5.41, 5.74) is 1.39. The van der Waals surface area contributed by atoms with Crippen molar-refractivity contribution in [3.63, 3.8) is 0 Å². The van der Waals surface area contributed by atoms with Crippen molar-refractivity contribution in [2.75, 3.05) is 7.11 Å². The number of hydrogen-bond acceptors (Lipinski definition) is 3. The highest BCUT2D eigenvalue weighted by Gasteiger charge is 2.51. The monoisotopic (exact) mass is 244 g/mol. The largest absolute Gasteiger partial charge is 0.497 e. The van der Waals surface area contributed by atoms with E-state index >= 15 is 0 Å². The Morgan fingerprint density at radius 2 is 2.11 bits per heavy atom. The third-order valence-electron chi connectivity index (χ3n) is 4.41. The molecule has 0 amide bonds. The Morgan fingerprint density at radius 1 is 1.33 bits per heavy atom. The molecular weight excluding hydrogens is 228 g/mol. The van der Waals surface area contributed by atoms with E-state index in [9.17, 15) is 9.59 Å². The number of ketones is 2. The van der Waals surface area contributed by atoms with Crippen molar-refractivity contribution in [2.45, 2.75) is 32.1 Å². The van der Waals surface area contributed by atoms with E-state index in [1.54, 1.807) is 14.0 Å². The van der Waals surface area contributed by atoms with E-state index in [-0.39, 0.29) is 17.5 Å². The number of Topliss-reactive ketones (excluding diaryl/α,β-unsaturated/α-hetero) is 2. The Hall–Kier alpha value is -1.64. The predicted octanol–water partition coefficient (Wildman–Crippen LogP) is 2.27. The number of ether oxygens (including phenoxy) is 1. The van der Waals surface area contributed by atoms with Gasteiger partial charge in [-0.2, -0.15) is 0 Å². The van der Waals surface area contributed by atoms with Crippen molar-refractivity contribution >= 4 is 11.6 Å². The van der Waals surface area contributed by atoms with Gasteiger partial charge in [-0.1, -0.05) is 6.07 Å². The standard InChI is InChI=1S/C15H16O3/c1-15-8-9-3-4-10(18-2)7-12(9)11(14(15)17)5-6-13(15)16/h3-4,7,11H,5-6,8H2,1-2H3. The lowest BCUT2D eigenvalue weighted by Gasteiger charge is -2.41. The summed E-state index contributed by atoms with van der Waals surface area (Å²) in [4.78, 5) is 24.5. The maximum Gasteiger partial charge on any atom is 0.153 e. The van der Waals surface area contributed by atoms with Gasteiger partial charge in [-0.25, -0.2) is 0 Å². The van der Waals surface area contributed by atoms with Crippen LogP contribution in [0.3, 0.4) is 0 Å². The first kappa shape index (κ1) is 11.5. The van der Waals surface area contributed by atoms with Gasteiger partial charge in [0, 0.05) is 12.3 Å². The molecule has 1 aromatic rings. The molecule has 18 heavy (non-hydrogen) atoms. The number of methoxy groups -OCH3 is 1. The molecule has 2 aliphatic rings. The Morgan fingerprint density at radius 3 is 2.83 bits per heavy atom. The van der Waals surface area contributed by atoms with Gasteiger partial charge in [0.25, 0.3) is 0 Å². The van der Waals surface area contributed by atoms with Crippen LogP contribution < -0.4 is 4.74 Å². The number of carbonyl (C=O) groups excluding carboxylic acids is 2. The molecule has 2 atom stereocenters. The third-order valence-corrected chi connectivity index (χ3v) is 4.41. The van der Waals surface area contributed by atoms with Crippen LogP contribution in [0.25, 0.3) is 0 Å². The zero-order chi connectivity index (χ0) is 12.9. The summed E-state index contributed by atoms with van der Waals surface area (Å²) in [6, 6.07) is 5.84. The molecule has 0 heterocycles. The molecule has 1 aromatic carbocycles. The van der Waals surface area contributed by atoms with Gasteiger partial charge in [0.15, 0.2) is 5.78 Å². The lowest BCUT2D eigenvalue weighted by atomic mass is 9.59. The second-order valence-corrected chi connectivity index (χ2v) is 5.45. The lowest BCUT2D eigenvalue weighted by Crippen LogP contribution is -2.48. The van der Waals surface area contributed by atoms with Gasteiger partial charge >= 0.3 is 0 Å². The minimum absolute atomic E-state index is 0.0968. The summed E-state index contributed by atoms with van der Waals surface area (Å²) in [7, 11) is 1.63. The van der Waals surface area contributed by atoms with Crippen LogP contribution in [0.4, 0.5) is 0 Å². The second kappa shape index (κ2) is 3.67. The highest BCUT2D eigenvalue weighted by molar-refractivity contribution is 6.12. The van der Waals surface area contributed by atoms with Crippen LogP contribution in [0.15, 0.2) is 18.2 Å². The second-order valence-electron chi connectivity index (χ2n) is 5.45. The topological polar surface area (TPSA) is 43.4 Å². The van der Waals surface area contributed by atoms with Crippen LogP contribution in [-0.4, -0.2) is 18.7 Å². The smallest absolute Gasteiger partial charge is 0.153 e. The number of benzene rings is 1. The van der Waals surface area contributed by atoms with Crippen molar-refractivity contribution < 1.29 is 14.3 Å². The van der Waals surface area contributed by atoms with Gasteiger partial charge in [-0.3, -0.25) is 9.59 Å². The van der Waals surface area contributed by atoms with Crippen molar-refractivity contribution in [1.82, 2.24) is 0 Å². The van der Waals surface area contributed by atoms with Crippen LogP contribution in [-0.2, 0) is 16.0 Å². The number of fused-ring (bicyclic) bond motifs is 4. The fourth-order valence-corrected chi connectivity index (χ4v) is 3.25. The van der Waals surface area contributed by atoms with Crippen molar-refractivity contribution in [1.29, 1.82) is 0 Å². The van der Waals surface area contributed by atoms with E-state index in [0.29, 0.717) is 19.3 Å². The average Bonchev–Trinajstić information content (AvgIpc) is 2.37. The fourth-order valence-electron chi connectivity index (χ4n) is 3.25. The molecule has 0 aromatic heterocycles. The van der Waals surface area contributed by atoms with E-state index in [4.69, 9.17) is 4.74 Å². The highest BCUT2D eigenvalue weighted by atomic mass is 16.5. The van der Waals surface area contributed by atoms with Crippen LogP contribution in [0.1, 0.15) is 36.8 Å². The molecule has 0 saturated heterocycles. The lowest BCUT2D eigenvalue weighted by molar-refractivity contribution is -0.144. The molecule has 0 aliphatic heterocycles. The molecule has 2 aliphatic carbocycles. The molecule has 0 radical (unpaired) electrons. The van der Waals surface area contributed by atoms with Gasteiger partial charge in [0.05, 0.1) is 12.5 Å². The first-order valence-electron chi connectivity index (χ1n) is 6.30. The minimum Gasteiger partial charge on any atom is -0.497 e. The molecule has 1 fully saturated rings. The summed E-state index contributed by atoms with van der Waals surface area (Å²) < 4.78 is 5.22. The molecule has 2 bridgehead atoms. The normalized spacial score (nSPS) is 30.0. The molecule has 1 saturated carbocycles. The first-order chi connectivity index (χ1) is 8.56. The Kier molecular flexibility index (Phi) is 2.34. The molecule has 3 nitrogen and oxygen atoms in total. The summed E-state index contributed by atoms with van der Waals surface area (Å²) in [6.45, 7) is 1.80. The van der Waals surface area contributed by atoms with E-state index in [2.05, 4.69) is 0 Å². The number of carbonyl (C=O) groups is 2. The first-order valence-corrected chi connectivity index (χ1v) is 6.30. The summed E-state index contributed by atoms with van der Waals surface area (Å²) in [5, 5.41) is 0. The predicted molar refractivity (Wildman–Crippen MR) is 66.8 cm³/mol. The van der Waals surface area contributed by atoms with E-state index in [1.165, 1.54) is 0 Å². The van der Waals surface area contributed by atoms with Crippen LogP contribution >= 0.6 is 0 Å². The minimum atomic E-state index is -0.787. The SMILES string of the molecule is COc1ccc2c(c1)C1CCC(=O)C(C)(C2)C1=O. The molecule has 0 spiro atoms. The third kappa shape index (κ3) is 1.36. The van der Waals surface area contributed by atoms with E-state index in [0.717, 1.165) is 16.9 Å². The van der Waals surface area contributed by atoms with Crippen molar-refractivity contribution in [2.24, 2.45) is 5.41 Å². The molecule has 3 heteroatoms. The molecule has 94 valence electrons. The van der Waals surface area contributed by atoms with Gasteiger partial charge in [-0.05, 0) is 43.0 Å². The zero-order valence-electron chi connectivity index (χ0n) is 10.7. The van der Waals surface area contributed by atoms with E-state index in [1.807, 2.05) is 18.2 Å². The number of rotatable bonds is 1.